The Labute approximate surface area is 156 Å². The molecule has 0 unspecified atom stereocenters. The van der Waals surface area contributed by atoms with Crippen molar-refractivity contribution in [2.24, 2.45) is 11.3 Å². The number of rotatable bonds is 2. The normalized spacial score (nSPS) is 28.7. The molecule has 144 valence electrons. The van der Waals surface area contributed by atoms with E-state index in [1.54, 1.807) is 24.3 Å². The number of carbonyl (C=O) groups excluding carboxylic acids is 1. The molecule has 26 heavy (non-hydrogen) atoms. The smallest absolute Gasteiger partial charge is 0.425 e. The first-order valence-corrected chi connectivity index (χ1v) is 10.5. The van der Waals surface area contributed by atoms with E-state index in [1.165, 1.54) is 16.5 Å². The molecular formula is C19H28N2O4S. The van der Waals surface area contributed by atoms with Crippen molar-refractivity contribution >= 4 is 16.1 Å². The van der Waals surface area contributed by atoms with Gasteiger partial charge in [0.15, 0.2) is 0 Å². The lowest BCUT2D eigenvalue weighted by molar-refractivity contribution is -0.0234. The summed E-state index contributed by atoms with van der Waals surface area (Å²) in [4.78, 5) is 12.8. The third-order valence-corrected chi connectivity index (χ3v) is 7.92. The first-order valence-electron chi connectivity index (χ1n) is 9.01. The fourth-order valence-corrected chi connectivity index (χ4v) is 6.24. The van der Waals surface area contributed by atoms with Crippen molar-refractivity contribution in [1.82, 2.24) is 9.42 Å². The molecule has 0 N–H and O–H groups in total. The summed E-state index contributed by atoms with van der Waals surface area (Å²) in [6, 6.07) is 6.72. The molecule has 2 atom stereocenters. The zero-order valence-corrected chi connectivity index (χ0v) is 17.0. The minimum absolute atomic E-state index is 0.0445. The predicted molar refractivity (Wildman–Crippen MR) is 98.8 cm³/mol. The van der Waals surface area contributed by atoms with Crippen LogP contribution in [0.5, 0.6) is 0 Å². The van der Waals surface area contributed by atoms with Crippen molar-refractivity contribution in [2.75, 3.05) is 13.7 Å². The van der Waals surface area contributed by atoms with Crippen LogP contribution in [-0.2, 0) is 14.8 Å². The lowest BCUT2D eigenvalue weighted by Gasteiger charge is -2.48. The summed E-state index contributed by atoms with van der Waals surface area (Å²) in [5, 5.41) is 1.35. The van der Waals surface area contributed by atoms with Crippen LogP contribution in [0.3, 0.4) is 0 Å². The molecule has 1 aromatic carbocycles. The molecule has 3 rings (SSSR count). The Morgan fingerprint density at radius 1 is 1.15 bits per heavy atom. The fraction of sp³-hybridized carbons (Fsp3) is 0.632. The Kier molecular flexibility index (Phi) is 4.60. The van der Waals surface area contributed by atoms with Gasteiger partial charge in [-0.2, -0.15) is 0 Å². The second kappa shape index (κ2) is 6.23. The minimum Gasteiger partial charge on any atom is -0.452 e. The molecule has 2 fully saturated rings. The number of hydrogen-bond acceptors (Lipinski definition) is 4. The molecule has 1 heterocycles. The maximum atomic E-state index is 13.3. The van der Waals surface area contributed by atoms with Gasteiger partial charge in [0.25, 0.3) is 10.0 Å². The van der Waals surface area contributed by atoms with E-state index in [4.69, 9.17) is 4.74 Å². The van der Waals surface area contributed by atoms with Crippen molar-refractivity contribution in [3.8, 4) is 0 Å². The third-order valence-electron chi connectivity index (χ3n) is 6.19. The molecule has 1 amide bonds. The van der Waals surface area contributed by atoms with Crippen molar-refractivity contribution < 1.29 is 17.9 Å². The van der Waals surface area contributed by atoms with E-state index >= 15 is 0 Å². The zero-order valence-electron chi connectivity index (χ0n) is 16.2. The molecule has 0 spiro atoms. The highest BCUT2D eigenvalue weighted by Gasteiger charge is 2.61. The first kappa shape index (κ1) is 19.2. The van der Waals surface area contributed by atoms with Crippen LogP contribution in [0.25, 0.3) is 0 Å². The monoisotopic (exact) mass is 380 g/mol. The molecule has 2 aliphatic rings. The number of amides is 1. The van der Waals surface area contributed by atoms with Gasteiger partial charge in [-0.3, -0.25) is 0 Å². The van der Waals surface area contributed by atoms with Gasteiger partial charge in [0.05, 0.1) is 17.5 Å². The van der Waals surface area contributed by atoms with Gasteiger partial charge >= 0.3 is 6.09 Å². The highest BCUT2D eigenvalue weighted by atomic mass is 32.2. The van der Waals surface area contributed by atoms with E-state index < -0.39 is 21.7 Å². The molecule has 0 aromatic heterocycles. The Bertz CT molecular complexity index is 803. The second-order valence-electron chi connectivity index (χ2n) is 8.36. The second-order valence-corrected chi connectivity index (χ2v) is 10.2. The van der Waals surface area contributed by atoms with E-state index in [-0.39, 0.29) is 22.8 Å². The zero-order chi connectivity index (χ0) is 19.3. The van der Waals surface area contributed by atoms with Crippen molar-refractivity contribution in [2.45, 2.75) is 57.4 Å². The van der Waals surface area contributed by atoms with Gasteiger partial charge in [-0.15, -0.1) is 4.41 Å². The maximum Gasteiger partial charge on any atom is 0.425 e. The van der Waals surface area contributed by atoms with Gasteiger partial charge in [-0.25, -0.2) is 18.2 Å². The molecule has 1 aliphatic carbocycles. The van der Waals surface area contributed by atoms with Crippen LogP contribution in [-0.4, -0.2) is 43.1 Å². The molecule has 1 saturated carbocycles. The number of nitrogens with zero attached hydrogens (tertiary/aromatic N) is 2. The summed E-state index contributed by atoms with van der Waals surface area (Å²) >= 11 is 0. The topological polar surface area (TPSA) is 66.9 Å². The Hall–Kier alpha value is -1.60. The molecule has 1 saturated heterocycles. The Morgan fingerprint density at radius 2 is 1.77 bits per heavy atom. The summed E-state index contributed by atoms with van der Waals surface area (Å²) < 4.78 is 32.9. The van der Waals surface area contributed by atoms with E-state index in [0.29, 0.717) is 0 Å². The average molecular weight is 381 g/mol. The largest absolute Gasteiger partial charge is 0.452 e. The summed E-state index contributed by atoms with van der Waals surface area (Å²) in [6.07, 6.45) is 2.10. The van der Waals surface area contributed by atoms with Crippen LogP contribution in [0.15, 0.2) is 29.2 Å². The summed E-state index contributed by atoms with van der Waals surface area (Å²) in [5.74, 6) is 0.0445. The maximum absolute atomic E-state index is 13.3. The minimum atomic E-state index is -3.85. The third kappa shape index (κ3) is 2.81. The number of aryl methyl sites for hydroxylation is 1. The molecule has 1 aromatic rings. The Balaban J connectivity index is 2.10. The number of benzene rings is 1. The SMILES string of the molecule is COC(=O)N1N(S(=O)(=O)c2ccc(C)cc2)C[C@@H]2C(C)(C)CCC[C@]21C. The van der Waals surface area contributed by atoms with Gasteiger partial charge in [-0.05, 0) is 44.2 Å². The quantitative estimate of drug-likeness (QED) is 0.787. The number of hydrogen-bond donors (Lipinski definition) is 0. The number of hydrazine groups is 1. The number of methoxy groups -OCH3 is 1. The number of carbonyl (C=O) groups is 1. The van der Waals surface area contributed by atoms with E-state index in [2.05, 4.69) is 13.8 Å². The standard InChI is InChI=1S/C19H28N2O4S/c1-14-7-9-15(10-8-14)26(23,24)20-13-16-18(2,3)11-6-12-19(16,4)21(20)17(22)25-5/h7-10,16H,6,11-13H2,1-5H3/t16-,19-/m1/s1. The van der Waals surface area contributed by atoms with E-state index in [1.807, 2.05) is 13.8 Å². The summed E-state index contributed by atoms with van der Waals surface area (Å²) in [6.45, 7) is 8.50. The van der Waals surface area contributed by atoms with Gasteiger partial charge in [0.1, 0.15) is 0 Å². The molecule has 7 heteroatoms. The van der Waals surface area contributed by atoms with E-state index in [0.717, 1.165) is 24.8 Å². The molecular weight excluding hydrogens is 352 g/mol. The highest BCUT2D eigenvalue weighted by Crippen LogP contribution is 2.54. The van der Waals surface area contributed by atoms with Crippen molar-refractivity contribution in [3.05, 3.63) is 29.8 Å². The van der Waals surface area contributed by atoms with Gasteiger partial charge < -0.3 is 4.74 Å². The Morgan fingerprint density at radius 3 is 2.35 bits per heavy atom. The van der Waals surface area contributed by atoms with Gasteiger partial charge in [0.2, 0.25) is 0 Å². The molecule has 6 nitrogen and oxygen atoms in total. The van der Waals surface area contributed by atoms with E-state index in [9.17, 15) is 13.2 Å². The lowest BCUT2D eigenvalue weighted by atomic mass is 9.61. The number of fused-ring (bicyclic) bond motifs is 1. The number of sulfonamides is 1. The summed E-state index contributed by atoms with van der Waals surface area (Å²) in [7, 11) is -2.55. The van der Waals surface area contributed by atoms with Gasteiger partial charge in [0, 0.05) is 12.5 Å². The molecule has 0 radical (unpaired) electrons. The lowest BCUT2D eigenvalue weighted by Crippen LogP contribution is -2.57. The molecule has 1 aliphatic heterocycles. The van der Waals surface area contributed by atoms with Crippen LogP contribution in [0, 0.1) is 18.3 Å². The van der Waals surface area contributed by atoms with Crippen LogP contribution in [0.4, 0.5) is 4.79 Å². The van der Waals surface area contributed by atoms with Gasteiger partial charge in [-0.1, -0.05) is 38.0 Å². The first-order chi connectivity index (χ1) is 12.0. The van der Waals surface area contributed by atoms with Crippen LogP contribution in [0.1, 0.15) is 45.6 Å². The molecule has 0 bridgehead atoms. The predicted octanol–water partition coefficient (Wildman–Crippen LogP) is 3.57. The van der Waals surface area contributed by atoms with Crippen molar-refractivity contribution in [1.29, 1.82) is 0 Å². The van der Waals surface area contributed by atoms with Crippen LogP contribution >= 0.6 is 0 Å². The van der Waals surface area contributed by atoms with Crippen LogP contribution < -0.4 is 0 Å². The average Bonchev–Trinajstić information content (AvgIpc) is 2.89. The van der Waals surface area contributed by atoms with Crippen LogP contribution in [0.2, 0.25) is 0 Å². The fourth-order valence-electron chi connectivity index (χ4n) is 4.71. The van der Waals surface area contributed by atoms with Crippen molar-refractivity contribution in [3.63, 3.8) is 0 Å². The number of ether oxygens (including phenoxy) is 1. The summed E-state index contributed by atoms with van der Waals surface area (Å²) in [5.41, 5.74) is 0.348. The highest BCUT2D eigenvalue weighted by molar-refractivity contribution is 7.89.